The molecule has 1 aliphatic carbocycles. The van der Waals surface area contributed by atoms with Crippen LogP contribution in [0.4, 0.5) is 10.1 Å². The monoisotopic (exact) mass is 418 g/mol. The molecule has 1 aromatic heterocycles. The topological polar surface area (TPSA) is 75.7 Å². The zero-order valence-corrected chi connectivity index (χ0v) is 17.0. The highest BCUT2D eigenvalue weighted by atomic mass is 32.1. The summed E-state index contributed by atoms with van der Waals surface area (Å²) in [6.07, 6.45) is 5.42. The van der Waals surface area contributed by atoms with E-state index in [1.807, 2.05) is 6.07 Å². The van der Waals surface area contributed by atoms with Gasteiger partial charge in [-0.3, -0.25) is 9.59 Å². The lowest BCUT2D eigenvalue weighted by Crippen LogP contribution is -2.37. The van der Waals surface area contributed by atoms with E-state index in [2.05, 4.69) is 5.32 Å². The predicted molar refractivity (Wildman–Crippen MR) is 109 cm³/mol. The van der Waals surface area contributed by atoms with Crippen LogP contribution in [0, 0.1) is 5.82 Å². The Morgan fingerprint density at radius 3 is 2.62 bits per heavy atom. The Morgan fingerprint density at radius 1 is 1.14 bits per heavy atom. The van der Waals surface area contributed by atoms with E-state index in [9.17, 15) is 18.8 Å². The van der Waals surface area contributed by atoms with Gasteiger partial charge in [0.1, 0.15) is 10.7 Å². The molecule has 0 radical (unpaired) electrons. The largest absolute Gasteiger partial charge is 0.451 e. The number of amides is 2. The number of esters is 1. The summed E-state index contributed by atoms with van der Waals surface area (Å²) in [5.41, 5.74) is 1.64. The van der Waals surface area contributed by atoms with Crippen molar-refractivity contribution in [3.63, 3.8) is 0 Å². The molecule has 1 aromatic carbocycles. The molecule has 3 rings (SSSR count). The van der Waals surface area contributed by atoms with E-state index in [1.54, 1.807) is 0 Å². The Kier molecular flexibility index (Phi) is 6.98. The van der Waals surface area contributed by atoms with Crippen LogP contribution in [0.3, 0.4) is 0 Å². The quantitative estimate of drug-likeness (QED) is 0.576. The van der Waals surface area contributed by atoms with Gasteiger partial charge in [-0.05, 0) is 61.6 Å². The van der Waals surface area contributed by atoms with Crippen LogP contribution in [0.15, 0.2) is 30.3 Å². The fraction of sp³-hybridized carbons (Fsp3) is 0.381. The van der Waals surface area contributed by atoms with Crippen molar-refractivity contribution in [1.29, 1.82) is 0 Å². The highest BCUT2D eigenvalue weighted by molar-refractivity contribution is 7.14. The molecule has 6 nitrogen and oxygen atoms in total. The Balaban J connectivity index is 1.46. The van der Waals surface area contributed by atoms with Crippen LogP contribution in [0.1, 0.15) is 39.4 Å². The van der Waals surface area contributed by atoms with Crippen LogP contribution in [0.5, 0.6) is 0 Å². The number of aryl methyl sites for hydroxylation is 2. The van der Waals surface area contributed by atoms with Crippen LogP contribution in [0.25, 0.3) is 0 Å². The maximum atomic E-state index is 12.9. The number of rotatable bonds is 6. The van der Waals surface area contributed by atoms with Gasteiger partial charge < -0.3 is 15.0 Å². The van der Waals surface area contributed by atoms with E-state index in [4.69, 9.17) is 4.74 Å². The molecule has 2 aromatic rings. The Hall–Kier alpha value is -2.74. The SMILES string of the molecule is CN(CC(=O)Nc1ccc(F)cc1)C(=O)COC(=O)c1cc2c(s1)CCCCC2. The molecule has 0 fully saturated rings. The summed E-state index contributed by atoms with van der Waals surface area (Å²) in [5, 5.41) is 2.57. The number of benzene rings is 1. The summed E-state index contributed by atoms with van der Waals surface area (Å²) < 4.78 is 18.0. The molecule has 0 spiro atoms. The van der Waals surface area contributed by atoms with Gasteiger partial charge in [-0.15, -0.1) is 11.3 Å². The minimum atomic E-state index is -0.513. The minimum Gasteiger partial charge on any atom is -0.451 e. The molecular weight excluding hydrogens is 395 g/mol. The van der Waals surface area contributed by atoms with Crippen LogP contribution >= 0.6 is 11.3 Å². The number of likely N-dealkylation sites (N-methyl/N-ethyl adjacent to an activating group) is 1. The first-order valence-corrected chi connectivity index (χ1v) is 10.3. The molecule has 154 valence electrons. The summed E-state index contributed by atoms with van der Waals surface area (Å²) in [7, 11) is 1.45. The molecule has 8 heteroatoms. The molecule has 0 saturated carbocycles. The van der Waals surface area contributed by atoms with Crippen molar-refractivity contribution in [3.05, 3.63) is 51.5 Å². The normalized spacial score (nSPS) is 13.2. The number of ether oxygens (including phenoxy) is 1. The van der Waals surface area contributed by atoms with Gasteiger partial charge in [0.05, 0.1) is 6.54 Å². The van der Waals surface area contributed by atoms with Crippen LogP contribution in [0.2, 0.25) is 0 Å². The number of carbonyl (C=O) groups is 3. The number of halogens is 1. The number of thiophene rings is 1. The third kappa shape index (κ3) is 5.87. The zero-order valence-electron chi connectivity index (χ0n) is 16.2. The van der Waals surface area contributed by atoms with E-state index >= 15 is 0 Å². The average Bonchev–Trinajstić information content (AvgIpc) is 2.98. The average molecular weight is 418 g/mol. The number of carbonyl (C=O) groups excluding carboxylic acids is 3. The second-order valence-corrected chi connectivity index (χ2v) is 8.14. The predicted octanol–water partition coefficient (Wildman–Crippen LogP) is 3.41. The summed E-state index contributed by atoms with van der Waals surface area (Å²) in [6, 6.07) is 7.19. The van der Waals surface area contributed by atoms with Crippen molar-refractivity contribution < 1.29 is 23.5 Å². The standard InChI is InChI=1S/C21H23FN2O4S/c1-24(12-19(25)23-16-9-7-15(22)8-10-16)20(26)13-28-21(27)18-11-14-5-3-2-4-6-17(14)29-18/h7-11H,2-6,12-13H2,1H3,(H,23,25). The van der Waals surface area contributed by atoms with E-state index in [-0.39, 0.29) is 6.54 Å². The summed E-state index contributed by atoms with van der Waals surface area (Å²) in [6.45, 7) is -0.636. The Bertz CT molecular complexity index is 871. The molecule has 29 heavy (non-hydrogen) atoms. The van der Waals surface area contributed by atoms with Crippen molar-refractivity contribution in [2.75, 3.05) is 25.5 Å². The van der Waals surface area contributed by atoms with Crippen molar-refractivity contribution >= 4 is 34.8 Å². The molecule has 1 N–H and O–H groups in total. The number of hydrogen-bond acceptors (Lipinski definition) is 5. The molecule has 0 atom stereocenters. The van der Waals surface area contributed by atoms with Gasteiger partial charge >= 0.3 is 5.97 Å². The van der Waals surface area contributed by atoms with Gasteiger partial charge in [-0.2, -0.15) is 0 Å². The lowest BCUT2D eigenvalue weighted by atomic mass is 10.1. The highest BCUT2D eigenvalue weighted by Gasteiger charge is 2.20. The van der Waals surface area contributed by atoms with Gasteiger partial charge in [0.25, 0.3) is 5.91 Å². The first-order valence-electron chi connectivity index (χ1n) is 9.50. The Morgan fingerprint density at radius 2 is 1.86 bits per heavy atom. The molecule has 0 aliphatic heterocycles. The number of nitrogens with zero attached hydrogens (tertiary/aromatic N) is 1. The van der Waals surface area contributed by atoms with Crippen LogP contribution < -0.4 is 5.32 Å². The van der Waals surface area contributed by atoms with Gasteiger partial charge in [0, 0.05) is 17.6 Å². The molecule has 0 bridgehead atoms. The van der Waals surface area contributed by atoms with Gasteiger partial charge in [-0.1, -0.05) is 6.42 Å². The summed E-state index contributed by atoms with van der Waals surface area (Å²) >= 11 is 1.44. The second-order valence-electron chi connectivity index (χ2n) is 7.00. The smallest absolute Gasteiger partial charge is 0.348 e. The number of fused-ring (bicyclic) bond motifs is 1. The van der Waals surface area contributed by atoms with Crippen molar-refractivity contribution in [1.82, 2.24) is 4.90 Å². The number of anilines is 1. The van der Waals surface area contributed by atoms with E-state index < -0.39 is 30.2 Å². The van der Waals surface area contributed by atoms with E-state index in [0.29, 0.717) is 10.6 Å². The third-order valence-corrected chi connectivity index (χ3v) is 5.93. The third-order valence-electron chi connectivity index (χ3n) is 4.71. The molecular formula is C21H23FN2O4S. The van der Waals surface area contributed by atoms with Crippen molar-refractivity contribution in [3.8, 4) is 0 Å². The molecule has 1 aliphatic rings. The van der Waals surface area contributed by atoms with Crippen LogP contribution in [-0.2, 0) is 27.2 Å². The fourth-order valence-electron chi connectivity index (χ4n) is 3.11. The van der Waals surface area contributed by atoms with Gasteiger partial charge in [0.2, 0.25) is 5.91 Å². The van der Waals surface area contributed by atoms with Crippen molar-refractivity contribution in [2.45, 2.75) is 32.1 Å². The number of nitrogens with one attached hydrogen (secondary N) is 1. The minimum absolute atomic E-state index is 0.207. The van der Waals surface area contributed by atoms with E-state index in [1.165, 1.54) is 64.4 Å². The highest BCUT2D eigenvalue weighted by Crippen LogP contribution is 2.29. The van der Waals surface area contributed by atoms with Crippen molar-refractivity contribution in [2.24, 2.45) is 0 Å². The molecule has 0 unspecified atom stereocenters. The van der Waals surface area contributed by atoms with E-state index in [0.717, 1.165) is 25.7 Å². The Labute approximate surface area is 172 Å². The molecule has 1 heterocycles. The van der Waals surface area contributed by atoms with Gasteiger partial charge in [0.15, 0.2) is 6.61 Å². The number of hydrogen-bond donors (Lipinski definition) is 1. The maximum Gasteiger partial charge on any atom is 0.348 e. The summed E-state index contributed by atoms with van der Waals surface area (Å²) in [5.74, 6) is -1.83. The van der Waals surface area contributed by atoms with Gasteiger partial charge in [-0.25, -0.2) is 9.18 Å². The lowest BCUT2D eigenvalue weighted by molar-refractivity contribution is -0.136. The first kappa shape index (κ1) is 21.0. The second kappa shape index (κ2) is 9.65. The molecule has 0 saturated heterocycles. The van der Waals surface area contributed by atoms with Crippen LogP contribution in [-0.4, -0.2) is 42.9 Å². The molecule has 2 amide bonds. The maximum absolute atomic E-state index is 12.9. The zero-order chi connectivity index (χ0) is 20.8. The fourth-order valence-corrected chi connectivity index (χ4v) is 4.26. The summed E-state index contributed by atoms with van der Waals surface area (Å²) in [4.78, 5) is 39.4. The first-order chi connectivity index (χ1) is 13.9. The lowest BCUT2D eigenvalue weighted by Gasteiger charge is -2.16.